The molecule has 0 aliphatic carbocycles. The first-order chi connectivity index (χ1) is 20.7. The summed E-state index contributed by atoms with van der Waals surface area (Å²) in [7, 11) is 5.03. The molecule has 0 fully saturated rings. The number of hydrogen-bond acceptors (Lipinski definition) is 4. The topological polar surface area (TPSA) is 44.8 Å². The molecule has 0 radical (unpaired) electrons. The molecule has 43 heavy (non-hydrogen) atoms. The highest BCUT2D eigenvalue weighted by Crippen LogP contribution is 2.52. The summed E-state index contributed by atoms with van der Waals surface area (Å²) >= 11 is 0. The van der Waals surface area contributed by atoms with Crippen molar-refractivity contribution in [1.82, 2.24) is 0 Å². The van der Waals surface area contributed by atoms with Crippen LogP contribution in [-0.4, -0.2) is 27.1 Å². The molecule has 0 saturated heterocycles. The average Bonchev–Trinajstić information content (AvgIpc) is 3.03. The lowest BCUT2D eigenvalue weighted by molar-refractivity contribution is -0.118. The fourth-order valence-corrected chi connectivity index (χ4v) is 5.93. The van der Waals surface area contributed by atoms with Crippen molar-refractivity contribution in [1.29, 1.82) is 0 Å². The maximum atomic E-state index is 12.5. The third-order valence-corrected chi connectivity index (χ3v) is 8.09. The molecule has 4 aromatic rings. The fraction of sp³-hybridized carbons (Fsp3) is 0.308. The molecule has 222 valence electrons. The molecule has 0 aliphatic rings. The van der Waals surface area contributed by atoms with Crippen molar-refractivity contribution < 1.29 is 19.0 Å². The van der Waals surface area contributed by atoms with E-state index in [0.29, 0.717) is 25.0 Å². The Bertz CT molecular complexity index is 1500. The third-order valence-electron chi connectivity index (χ3n) is 8.09. The second-order valence-electron chi connectivity index (χ2n) is 11.7. The summed E-state index contributed by atoms with van der Waals surface area (Å²) in [6.07, 6.45) is 2.23. The van der Waals surface area contributed by atoms with Gasteiger partial charge in [0.1, 0.15) is 23.0 Å². The fourth-order valence-electron chi connectivity index (χ4n) is 5.93. The first-order valence-electron chi connectivity index (χ1n) is 14.7. The van der Waals surface area contributed by atoms with Gasteiger partial charge < -0.3 is 14.2 Å². The molecule has 0 atom stereocenters. The number of methoxy groups -OCH3 is 3. The van der Waals surface area contributed by atoms with Crippen molar-refractivity contribution in [3.8, 4) is 29.1 Å². The molecule has 4 heteroatoms. The van der Waals surface area contributed by atoms with Gasteiger partial charge in [0.15, 0.2) is 0 Å². The van der Waals surface area contributed by atoms with E-state index in [4.69, 9.17) is 14.2 Å². The smallest absolute Gasteiger partial charge is 0.134 e. The van der Waals surface area contributed by atoms with Gasteiger partial charge in [-0.05, 0) is 70.5 Å². The lowest BCUT2D eigenvalue weighted by Gasteiger charge is -2.47. The number of aryl methyl sites for hydroxylation is 1. The first kappa shape index (κ1) is 31.4. The molecule has 4 nitrogen and oxygen atoms in total. The molecule has 0 bridgehead atoms. The van der Waals surface area contributed by atoms with E-state index >= 15 is 0 Å². The molecule has 4 aromatic carbocycles. The molecule has 0 unspecified atom stereocenters. The predicted molar refractivity (Wildman–Crippen MR) is 174 cm³/mol. The number of ketones is 1. The molecular formula is C39H42O4. The monoisotopic (exact) mass is 574 g/mol. The Balaban J connectivity index is 1.72. The molecule has 0 saturated carbocycles. The Morgan fingerprint density at radius 2 is 1.23 bits per heavy atom. The van der Waals surface area contributed by atoms with Gasteiger partial charge in [-0.3, -0.25) is 4.79 Å². The third kappa shape index (κ3) is 7.12. The second kappa shape index (κ2) is 14.1. The minimum Gasteiger partial charge on any atom is -0.497 e. The lowest BCUT2D eigenvalue weighted by Crippen LogP contribution is -2.42. The second-order valence-corrected chi connectivity index (χ2v) is 11.7. The van der Waals surface area contributed by atoms with Crippen LogP contribution in [0.15, 0.2) is 97.1 Å². The van der Waals surface area contributed by atoms with E-state index in [0.717, 1.165) is 40.2 Å². The molecule has 0 aromatic heterocycles. The summed E-state index contributed by atoms with van der Waals surface area (Å²) < 4.78 is 16.7. The van der Waals surface area contributed by atoms with Crippen molar-refractivity contribution in [2.45, 2.75) is 51.9 Å². The zero-order valence-electron chi connectivity index (χ0n) is 26.2. The van der Waals surface area contributed by atoms with Crippen molar-refractivity contribution in [3.05, 3.63) is 125 Å². The number of hydrogen-bond donors (Lipinski definition) is 0. The normalized spacial score (nSPS) is 11.3. The molecular weight excluding hydrogens is 532 g/mol. The molecule has 4 rings (SSSR count). The van der Waals surface area contributed by atoms with Gasteiger partial charge in [0.25, 0.3) is 0 Å². The van der Waals surface area contributed by atoms with E-state index in [2.05, 4.69) is 81.1 Å². The highest BCUT2D eigenvalue weighted by Gasteiger charge is 2.46. The van der Waals surface area contributed by atoms with E-state index in [9.17, 15) is 4.79 Å². The van der Waals surface area contributed by atoms with Crippen molar-refractivity contribution in [3.63, 3.8) is 0 Å². The number of carbonyl (C=O) groups is 1. The van der Waals surface area contributed by atoms with E-state index in [-0.39, 0.29) is 11.2 Å². The largest absolute Gasteiger partial charge is 0.497 e. The van der Waals surface area contributed by atoms with Gasteiger partial charge in [-0.2, -0.15) is 0 Å². The SMILES string of the molecule is COc1ccc(C(c2ccc(OC)cc2)(c2ccc(OC)c(C#CCCC(=O)CCc3ccccc3)c2)C(C)(C)C)cc1. The minimum atomic E-state index is -0.540. The van der Waals surface area contributed by atoms with Crippen LogP contribution in [0.4, 0.5) is 0 Å². The molecule has 0 heterocycles. The number of Topliss-reactive ketones (excluding diaryl/α,β-unsaturated/α-hetero) is 1. The van der Waals surface area contributed by atoms with Gasteiger partial charge >= 0.3 is 0 Å². The van der Waals surface area contributed by atoms with E-state index in [1.165, 1.54) is 5.56 Å². The zero-order valence-corrected chi connectivity index (χ0v) is 26.2. The first-order valence-corrected chi connectivity index (χ1v) is 14.7. The number of benzene rings is 4. The Morgan fingerprint density at radius 1 is 0.674 bits per heavy atom. The van der Waals surface area contributed by atoms with Gasteiger partial charge in [0.05, 0.1) is 26.9 Å². The van der Waals surface area contributed by atoms with Crippen LogP contribution in [0.25, 0.3) is 0 Å². The van der Waals surface area contributed by atoms with Gasteiger partial charge in [0.2, 0.25) is 0 Å². The highest BCUT2D eigenvalue weighted by molar-refractivity contribution is 5.78. The van der Waals surface area contributed by atoms with Crippen LogP contribution in [0.2, 0.25) is 0 Å². The summed E-state index contributed by atoms with van der Waals surface area (Å²) in [5.41, 5.74) is 4.56. The highest BCUT2D eigenvalue weighted by atomic mass is 16.5. The zero-order chi connectivity index (χ0) is 30.9. The Labute approximate surface area is 257 Å². The van der Waals surface area contributed by atoms with Crippen LogP contribution in [0.3, 0.4) is 0 Å². The van der Waals surface area contributed by atoms with Gasteiger partial charge in [0, 0.05) is 24.7 Å². The van der Waals surface area contributed by atoms with Crippen LogP contribution >= 0.6 is 0 Å². The molecule has 0 aliphatic heterocycles. The number of carbonyl (C=O) groups excluding carboxylic acids is 1. The summed E-state index contributed by atoms with van der Waals surface area (Å²) in [6.45, 7) is 6.79. The van der Waals surface area contributed by atoms with Crippen molar-refractivity contribution >= 4 is 5.78 Å². The lowest BCUT2D eigenvalue weighted by atomic mass is 9.55. The van der Waals surface area contributed by atoms with Crippen LogP contribution in [0, 0.1) is 17.3 Å². The van der Waals surface area contributed by atoms with E-state index < -0.39 is 5.41 Å². The summed E-state index contributed by atoms with van der Waals surface area (Å²) in [5.74, 6) is 9.12. The number of ether oxygens (including phenoxy) is 3. The standard InChI is InChI=1S/C39H42O4/c1-38(2,3)39(31-17-23-35(41-4)24-18-31,32-19-25-36(42-5)26-20-32)33-21-27-37(43-6)30(28-33)14-10-11-15-34(40)22-16-29-12-8-7-9-13-29/h7-9,12-13,17-21,23-28H,11,15-16,22H2,1-6H3. The van der Waals surface area contributed by atoms with Crippen LogP contribution in [0.5, 0.6) is 17.2 Å². The quantitative estimate of drug-likeness (QED) is 0.133. The minimum absolute atomic E-state index is 0.227. The average molecular weight is 575 g/mol. The van der Waals surface area contributed by atoms with Crippen LogP contribution in [0.1, 0.15) is 67.9 Å². The molecule has 0 N–H and O–H groups in total. The van der Waals surface area contributed by atoms with Crippen molar-refractivity contribution in [2.24, 2.45) is 5.41 Å². The molecule has 0 amide bonds. The van der Waals surface area contributed by atoms with Crippen LogP contribution in [-0.2, 0) is 16.6 Å². The Hall–Kier alpha value is -4.49. The van der Waals surface area contributed by atoms with E-state index in [1.807, 2.05) is 48.5 Å². The van der Waals surface area contributed by atoms with Gasteiger partial charge in [-0.1, -0.05) is 93.3 Å². The Morgan fingerprint density at radius 3 is 1.74 bits per heavy atom. The maximum Gasteiger partial charge on any atom is 0.134 e. The predicted octanol–water partition coefficient (Wildman–Crippen LogP) is 8.43. The van der Waals surface area contributed by atoms with Crippen LogP contribution < -0.4 is 14.2 Å². The van der Waals surface area contributed by atoms with Gasteiger partial charge in [-0.25, -0.2) is 0 Å². The summed E-state index contributed by atoms with van der Waals surface area (Å²) in [4.78, 5) is 12.5. The summed E-state index contributed by atoms with van der Waals surface area (Å²) in [5, 5.41) is 0. The number of rotatable bonds is 11. The van der Waals surface area contributed by atoms with Gasteiger partial charge in [-0.15, -0.1) is 0 Å². The van der Waals surface area contributed by atoms with Crippen molar-refractivity contribution in [2.75, 3.05) is 21.3 Å². The molecule has 0 spiro atoms. The Kier molecular flexibility index (Phi) is 10.3. The van der Waals surface area contributed by atoms with E-state index in [1.54, 1.807) is 21.3 Å². The summed E-state index contributed by atoms with van der Waals surface area (Å²) in [6, 6.07) is 33.0. The maximum absolute atomic E-state index is 12.5.